The van der Waals surface area contributed by atoms with Gasteiger partial charge in [-0.15, -0.1) is 0 Å². The van der Waals surface area contributed by atoms with Crippen molar-refractivity contribution in [3.05, 3.63) is 29.3 Å². The Balaban J connectivity index is 1.07. The van der Waals surface area contributed by atoms with E-state index in [1.165, 1.54) is 51.8 Å². The molecule has 26 nitrogen and oxygen atoms in total. The molecule has 6 heterocycles. The van der Waals surface area contributed by atoms with Gasteiger partial charge in [-0.05, 0) is 0 Å². The number of aromatic amines is 1. The lowest BCUT2D eigenvalue weighted by Gasteiger charge is -2.23. The standard InChI is InChI=1S/C26H39N10O16P3/c1-33(2)26-31-22-15(23(39)32-26)34(3)10-36(22)24-17(38)16(37)12(50-24)6-48-53(40,41)11-54(42,43)52-55(44,45)49-7-13-18(46-4)19(47-5)25(51-13)35-9-30-14-20(27)28-8-29-21(14)35/h8-10,12-13,16-19,24-25,37-38H,6-7,11H2,1-5H3,(H5-,27,28,29,31,32,39,40,41,42,43,44,45)/p+1/t12-,13-,16+,17?,18?,19+,24-,25-/m1/s1. The number of nitrogens with two attached hydrogens (primary N) is 1. The van der Waals surface area contributed by atoms with Crippen molar-refractivity contribution in [2.24, 2.45) is 7.05 Å². The van der Waals surface area contributed by atoms with Crippen LogP contribution < -0.4 is 20.8 Å². The summed E-state index contributed by atoms with van der Waals surface area (Å²) >= 11 is 0. The third kappa shape index (κ3) is 8.40. The molecule has 5 unspecified atom stereocenters. The minimum absolute atomic E-state index is 0.0812. The van der Waals surface area contributed by atoms with Gasteiger partial charge >= 0.3 is 28.7 Å². The topological polar surface area (TPSA) is 344 Å². The van der Waals surface area contributed by atoms with Gasteiger partial charge in [-0.2, -0.15) is 0 Å². The Morgan fingerprint density at radius 1 is 0.982 bits per heavy atom. The predicted octanol–water partition coefficient (Wildman–Crippen LogP) is -1.94. The van der Waals surface area contributed by atoms with Crippen LogP contribution in [0.5, 0.6) is 0 Å². The van der Waals surface area contributed by atoms with Gasteiger partial charge in [-0.3, -0.25) is 32.6 Å². The lowest BCUT2D eigenvalue weighted by atomic mass is 10.1. The van der Waals surface area contributed by atoms with Crippen molar-refractivity contribution in [1.29, 1.82) is 0 Å². The minimum Gasteiger partial charge on any atom is -0.387 e. The molecule has 2 aliphatic heterocycles. The van der Waals surface area contributed by atoms with Crippen molar-refractivity contribution < 1.29 is 75.5 Å². The molecule has 8 N–H and O–H groups in total. The molecule has 2 aliphatic rings. The molecule has 0 bridgehead atoms. The zero-order valence-corrected chi connectivity index (χ0v) is 32.4. The first kappa shape index (κ1) is 41.3. The van der Waals surface area contributed by atoms with Crippen molar-refractivity contribution >= 4 is 57.1 Å². The largest absolute Gasteiger partial charge is 0.479 e. The van der Waals surface area contributed by atoms with Crippen LogP contribution in [0.15, 0.2) is 23.8 Å². The highest BCUT2D eigenvalue weighted by Crippen LogP contribution is 2.66. The number of aromatic nitrogens is 8. The van der Waals surface area contributed by atoms with E-state index in [-0.39, 0.29) is 34.1 Å². The van der Waals surface area contributed by atoms with E-state index in [9.17, 15) is 43.4 Å². The summed E-state index contributed by atoms with van der Waals surface area (Å²) in [5.74, 6) is -1.40. The summed E-state index contributed by atoms with van der Waals surface area (Å²) in [6.07, 6.45) is -6.13. The van der Waals surface area contributed by atoms with E-state index in [2.05, 4.69) is 29.2 Å². The quantitative estimate of drug-likeness (QED) is 0.0506. The first-order valence-electron chi connectivity index (χ1n) is 16.1. The minimum atomic E-state index is -5.44. The van der Waals surface area contributed by atoms with E-state index < -0.39 is 96.8 Å². The van der Waals surface area contributed by atoms with Crippen molar-refractivity contribution in [2.45, 2.75) is 49.1 Å². The van der Waals surface area contributed by atoms with Crippen LogP contribution in [0.25, 0.3) is 22.3 Å². The van der Waals surface area contributed by atoms with Crippen LogP contribution in [0.1, 0.15) is 12.5 Å². The fourth-order valence-electron chi connectivity index (χ4n) is 6.23. The molecule has 4 aromatic rings. The van der Waals surface area contributed by atoms with Crippen LogP contribution in [0.2, 0.25) is 0 Å². The van der Waals surface area contributed by atoms with Gasteiger partial charge in [-0.25, -0.2) is 28.4 Å². The number of aryl methyl sites for hydroxylation is 1. The van der Waals surface area contributed by atoms with E-state index >= 15 is 0 Å². The number of aliphatic hydroxyl groups is 2. The summed E-state index contributed by atoms with van der Waals surface area (Å²) in [4.78, 5) is 64.6. The van der Waals surface area contributed by atoms with Gasteiger partial charge in [0, 0.05) is 28.3 Å². The van der Waals surface area contributed by atoms with Crippen LogP contribution in [-0.2, 0) is 53.0 Å². The third-order valence-corrected chi connectivity index (χ3v) is 14.4. The molecule has 2 fully saturated rings. The molecule has 6 rings (SSSR count). The number of hydrogen-bond acceptors (Lipinski definition) is 19. The van der Waals surface area contributed by atoms with E-state index in [1.54, 1.807) is 21.1 Å². The average molecular weight is 842 g/mol. The number of nitrogens with one attached hydrogen (secondary N) is 1. The van der Waals surface area contributed by atoms with Gasteiger partial charge in [0.1, 0.15) is 48.5 Å². The highest BCUT2D eigenvalue weighted by molar-refractivity contribution is 7.74. The van der Waals surface area contributed by atoms with Crippen LogP contribution in [0.4, 0.5) is 11.8 Å². The normalized spacial score (nSPS) is 29.1. The second-order valence-electron chi connectivity index (χ2n) is 12.7. The number of hydrogen-bond donors (Lipinski definition) is 7. The Hall–Kier alpha value is -3.29. The molecule has 0 saturated carbocycles. The second kappa shape index (κ2) is 15.6. The molecule has 29 heteroatoms. The lowest BCUT2D eigenvalue weighted by molar-refractivity contribution is -0.745. The predicted molar refractivity (Wildman–Crippen MR) is 184 cm³/mol. The Kier molecular flexibility index (Phi) is 11.7. The number of rotatable bonds is 15. The molecule has 4 aromatic heterocycles. The van der Waals surface area contributed by atoms with E-state index in [0.29, 0.717) is 0 Å². The Bertz CT molecular complexity index is 2250. The summed E-state index contributed by atoms with van der Waals surface area (Å²) in [5, 5.41) is 21.5. The van der Waals surface area contributed by atoms with Crippen molar-refractivity contribution in [3.8, 4) is 0 Å². The van der Waals surface area contributed by atoms with Gasteiger partial charge in [0.25, 0.3) is 11.5 Å². The van der Waals surface area contributed by atoms with Crippen LogP contribution in [0.3, 0.4) is 0 Å². The zero-order valence-electron chi connectivity index (χ0n) is 29.7. The molecule has 0 aromatic carbocycles. The van der Waals surface area contributed by atoms with Gasteiger partial charge in [0.05, 0.1) is 26.6 Å². The fourth-order valence-corrected chi connectivity index (χ4v) is 11.2. The second-order valence-corrected chi connectivity index (χ2v) is 18.5. The number of phosphoric ester groups is 1. The average Bonchev–Trinajstić information content (AvgIpc) is 3.84. The number of phosphoric acid groups is 1. The van der Waals surface area contributed by atoms with Crippen LogP contribution in [-0.4, -0.2) is 143 Å². The molecule has 2 saturated heterocycles. The number of nitrogen functional groups attached to an aromatic ring is 1. The zero-order chi connectivity index (χ0) is 40.2. The summed E-state index contributed by atoms with van der Waals surface area (Å²) in [6.45, 7) is -1.66. The van der Waals surface area contributed by atoms with Crippen LogP contribution in [0, 0.1) is 0 Å². The van der Waals surface area contributed by atoms with E-state index in [0.717, 1.165) is 0 Å². The summed E-state index contributed by atoms with van der Waals surface area (Å²) in [7, 11) is -8.51. The number of methoxy groups -OCH3 is 2. The maximum atomic E-state index is 12.9. The molecule has 0 spiro atoms. The number of H-pyrrole nitrogens is 1. The number of nitrogens with zero attached hydrogens (tertiary/aromatic N) is 8. The van der Waals surface area contributed by atoms with E-state index in [4.69, 9.17) is 33.7 Å². The number of fused-ring (bicyclic) bond motifs is 2. The van der Waals surface area contributed by atoms with Gasteiger partial charge < -0.3 is 59.0 Å². The molecule has 55 heavy (non-hydrogen) atoms. The summed E-state index contributed by atoms with van der Waals surface area (Å²) < 4.78 is 79.8. The summed E-state index contributed by atoms with van der Waals surface area (Å²) in [6, 6.07) is 0. The Morgan fingerprint density at radius 2 is 1.67 bits per heavy atom. The van der Waals surface area contributed by atoms with Crippen LogP contribution >= 0.6 is 23.0 Å². The number of imidazole rings is 2. The maximum absolute atomic E-state index is 12.9. The fraction of sp³-hybridized carbons (Fsp3) is 0.615. The number of ether oxygens (including phenoxy) is 4. The lowest BCUT2D eigenvalue weighted by Crippen LogP contribution is -2.46. The molecule has 0 aliphatic carbocycles. The molecule has 0 radical (unpaired) electrons. The Morgan fingerprint density at radius 3 is 2.35 bits per heavy atom. The highest BCUT2D eigenvalue weighted by Gasteiger charge is 2.50. The molecular weight excluding hydrogens is 801 g/mol. The number of aliphatic hydroxyl groups excluding tert-OH is 2. The first-order chi connectivity index (χ1) is 25.8. The smallest absolute Gasteiger partial charge is 0.387 e. The third-order valence-electron chi connectivity index (χ3n) is 8.72. The van der Waals surface area contributed by atoms with Gasteiger partial charge in [-0.1, -0.05) is 4.98 Å². The number of anilines is 2. The molecule has 0 amide bonds. The van der Waals surface area contributed by atoms with Gasteiger partial charge in [0.2, 0.25) is 11.7 Å². The molecular formula is C26H40N10O16P3+. The van der Waals surface area contributed by atoms with Gasteiger partial charge in [0.15, 0.2) is 29.9 Å². The maximum Gasteiger partial charge on any atom is 0.479 e. The highest BCUT2D eigenvalue weighted by atomic mass is 31.3. The van der Waals surface area contributed by atoms with E-state index in [1.807, 2.05) is 0 Å². The van der Waals surface area contributed by atoms with Crippen molar-refractivity contribution in [2.75, 3.05) is 58.1 Å². The van der Waals surface area contributed by atoms with Crippen molar-refractivity contribution in [3.63, 3.8) is 0 Å². The molecule has 304 valence electrons. The first-order valence-corrected chi connectivity index (χ1v) is 21.1. The summed E-state index contributed by atoms with van der Waals surface area (Å²) in [5.41, 5.74) is 6.12. The Labute approximate surface area is 310 Å². The monoisotopic (exact) mass is 841 g/mol. The van der Waals surface area contributed by atoms with Crippen molar-refractivity contribution in [1.82, 2.24) is 34.1 Å². The molecule has 11 atom stereocenters. The SMILES string of the molecule is COC1[C@@H](COP(=O)(O)OP(=O)(O)CP(=O)(O)OC[C@H]2O[C@@H]([n+]3cn(C)c4c(=O)[nH]c(N(C)C)nc43)C(O)[C@H]2O)O[C@@H](n2cnc3c(N)ncnc32)[C@H]1OC.